The average Bonchev–Trinajstić information content (AvgIpc) is 2.80. The van der Waals surface area contributed by atoms with E-state index in [1.807, 2.05) is 18.3 Å². The zero-order chi connectivity index (χ0) is 20.3. The Kier molecular flexibility index (Phi) is 5.46. The van der Waals surface area contributed by atoms with Crippen molar-refractivity contribution in [2.45, 2.75) is 37.8 Å². The van der Waals surface area contributed by atoms with E-state index < -0.39 is 0 Å². The summed E-state index contributed by atoms with van der Waals surface area (Å²) in [6.07, 6.45) is 9.90. The number of nitrogens with one attached hydrogen (secondary N) is 1. The fourth-order valence-corrected chi connectivity index (χ4v) is 4.69. The van der Waals surface area contributed by atoms with Gasteiger partial charge in [0.25, 0.3) is 0 Å². The first-order valence-electron chi connectivity index (χ1n) is 10.8. The van der Waals surface area contributed by atoms with Crippen molar-refractivity contribution in [1.29, 1.82) is 0 Å². The normalized spacial score (nSPS) is 22.8. The summed E-state index contributed by atoms with van der Waals surface area (Å²) in [5.74, 6) is 0.911. The Morgan fingerprint density at radius 1 is 0.967 bits per heavy atom. The van der Waals surface area contributed by atoms with E-state index in [1.54, 1.807) is 12.5 Å². The molecule has 3 heterocycles. The second kappa shape index (κ2) is 8.53. The van der Waals surface area contributed by atoms with Gasteiger partial charge in [-0.2, -0.15) is 0 Å². The molecule has 7 nitrogen and oxygen atoms in total. The number of nitrogens with zero attached hydrogens (tertiary/aromatic N) is 4. The third kappa shape index (κ3) is 4.08. The van der Waals surface area contributed by atoms with Gasteiger partial charge in [0.05, 0.1) is 24.4 Å². The average molecular weight is 405 g/mol. The van der Waals surface area contributed by atoms with Crippen molar-refractivity contribution in [1.82, 2.24) is 19.9 Å². The molecule has 0 atom stereocenters. The van der Waals surface area contributed by atoms with Gasteiger partial charge >= 0.3 is 0 Å². The van der Waals surface area contributed by atoms with E-state index in [2.05, 4.69) is 37.3 Å². The molecule has 2 aliphatic rings. The van der Waals surface area contributed by atoms with Crippen LogP contribution < -0.4 is 11.1 Å². The first-order valence-corrected chi connectivity index (χ1v) is 10.8. The summed E-state index contributed by atoms with van der Waals surface area (Å²) >= 11 is 0. The Bertz CT molecular complexity index is 1010. The topological polar surface area (TPSA) is 89.2 Å². The molecule has 1 aliphatic heterocycles. The van der Waals surface area contributed by atoms with Crippen molar-refractivity contribution >= 4 is 22.4 Å². The molecule has 1 aromatic carbocycles. The summed E-state index contributed by atoms with van der Waals surface area (Å²) in [4.78, 5) is 15.8. The summed E-state index contributed by atoms with van der Waals surface area (Å²) in [6.45, 7) is 3.88. The monoisotopic (exact) mass is 404 g/mol. The summed E-state index contributed by atoms with van der Waals surface area (Å²) in [5.41, 5.74) is 9.58. The van der Waals surface area contributed by atoms with Gasteiger partial charge in [0.1, 0.15) is 12.1 Å². The smallest absolute Gasteiger partial charge is 0.137 e. The second-order valence-electron chi connectivity index (χ2n) is 8.26. The van der Waals surface area contributed by atoms with Gasteiger partial charge in [0.15, 0.2) is 0 Å². The first-order chi connectivity index (χ1) is 14.8. The molecule has 2 aromatic heterocycles. The Morgan fingerprint density at radius 3 is 2.60 bits per heavy atom. The lowest BCUT2D eigenvalue weighted by Gasteiger charge is -2.39. The summed E-state index contributed by atoms with van der Waals surface area (Å²) < 4.78 is 5.50. The fourth-order valence-electron chi connectivity index (χ4n) is 4.69. The van der Waals surface area contributed by atoms with Crippen molar-refractivity contribution in [2.24, 2.45) is 0 Å². The lowest BCUT2D eigenvalue weighted by atomic mass is 9.90. The van der Waals surface area contributed by atoms with E-state index in [1.165, 1.54) is 12.8 Å². The molecular formula is C23H28N6O. The Morgan fingerprint density at radius 2 is 1.80 bits per heavy atom. The molecule has 2 fully saturated rings. The highest BCUT2D eigenvalue weighted by molar-refractivity contribution is 5.92. The molecule has 1 saturated carbocycles. The van der Waals surface area contributed by atoms with E-state index in [-0.39, 0.29) is 0 Å². The Balaban J connectivity index is 1.32. The number of aromatic nitrogens is 3. The van der Waals surface area contributed by atoms with Crippen LogP contribution in [0.4, 0.5) is 11.5 Å². The van der Waals surface area contributed by atoms with Crippen molar-refractivity contribution in [3.63, 3.8) is 0 Å². The van der Waals surface area contributed by atoms with Gasteiger partial charge in [-0.05, 0) is 49.4 Å². The van der Waals surface area contributed by atoms with Crippen molar-refractivity contribution in [2.75, 3.05) is 37.4 Å². The van der Waals surface area contributed by atoms with E-state index in [0.29, 0.717) is 17.8 Å². The van der Waals surface area contributed by atoms with Gasteiger partial charge in [-0.3, -0.25) is 9.88 Å². The first kappa shape index (κ1) is 19.2. The maximum Gasteiger partial charge on any atom is 0.137 e. The largest absolute Gasteiger partial charge is 0.397 e. The van der Waals surface area contributed by atoms with Crippen molar-refractivity contribution < 1.29 is 4.74 Å². The molecule has 7 heteroatoms. The zero-order valence-electron chi connectivity index (χ0n) is 17.1. The van der Waals surface area contributed by atoms with Gasteiger partial charge in [-0.25, -0.2) is 9.97 Å². The Labute approximate surface area is 176 Å². The number of ether oxygens (including phenoxy) is 1. The van der Waals surface area contributed by atoms with Crippen LogP contribution in [0.3, 0.4) is 0 Å². The molecule has 1 saturated heterocycles. The summed E-state index contributed by atoms with van der Waals surface area (Å²) in [5, 5.41) is 4.74. The van der Waals surface area contributed by atoms with Crippen LogP contribution in [0.5, 0.6) is 0 Å². The van der Waals surface area contributed by atoms with Gasteiger partial charge in [0.2, 0.25) is 0 Å². The number of rotatable bonds is 4. The van der Waals surface area contributed by atoms with E-state index in [4.69, 9.17) is 10.5 Å². The highest BCUT2D eigenvalue weighted by atomic mass is 16.5. The minimum Gasteiger partial charge on any atom is -0.397 e. The molecule has 0 bridgehead atoms. The SMILES string of the molecule is Nc1cncc(-c2ccc3ncnc(NC4CCC(N5CCOCC5)CC4)c3c2)c1. The third-order valence-electron chi connectivity index (χ3n) is 6.33. The quantitative estimate of drug-likeness (QED) is 0.689. The van der Waals surface area contributed by atoms with Crippen LogP contribution in [0.15, 0.2) is 43.0 Å². The fraction of sp³-hybridized carbons (Fsp3) is 0.435. The van der Waals surface area contributed by atoms with Crippen LogP contribution in [0.25, 0.3) is 22.0 Å². The predicted molar refractivity (Wildman–Crippen MR) is 119 cm³/mol. The molecular weight excluding hydrogens is 376 g/mol. The zero-order valence-corrected chi connectivity index (χ0v) is 17.1. The summed E-state index contributed by atoms with van der Waals surface area (Å²) in [6, 6.07) is 9.31. The number of anilines is 2. The Hall–Kier alpha value is -2.77. The second-order valence-corrected chi connectivity index (χ2v) is 8.26. The molecule has 3 N–H and O–H groups in total. The van der Waals surface area contributed by atoms with Gasteiger partial charge in [-0.1, -0.05) is 6.07 Å². The molecule has 5 rings (SSSR count). The maximum absolute atomic E-state index is 5.92. The van der Waals surface area contributed by atoms with Crippen LogP contribution >= 0.6 is 0 Å². The van der Waals surface area contributed by atoms with E-state index >= 15 is 0 Å². The number of pyridine rings is 1. The van der Waals surface area contributed by atoms with Gasteiger partial charge < -0.3 is 15.8 Å². The number of nitrogens with two attached hydrogens (primary N) is 1. The molecule has 0 spiro atoms. The number of fused-ring (bicyclic) bond motifs is 1. The number of benzene rings is 1. The lowest BCUT2D eigenvalue weighted by molar-refractivity contribution is 0.00791. The highest BCUT2D eigenvalue weighted by Gasteiger charge is 2.27. The number of nitrogen functional groups attached to an aromatic ring is 1. The van der Waals surface area contributed by atoms with Gasteiger partial charge in [-0.15, -0.1) is 0 Å². The van der Waals surface area contributed by atoms with Crippen molar-refractivity contribution in [3.8, 4) is 11.1 Å². The van der Waals surface area contributed by atoms with Crippen LogP contribution in [0, 0.1) is 0 Å². The lowest BCUT2D eigenvalue weighted by Crippen LogP contribution is -2.46. The molecule has 0 amide bonds. The highest BCUT2D eigenvalue weighted by Crippen LogP contribution is 2.30. The predicted octanol–water partition coefficient (Wildman–Crippen LogP) is 3.33. The number of hydrogen-bond acceptors (Lipinski definition) is 7. The van der Waals surface area contributed by atoms with Crippen LogP contribution in [0.2, 0.25) is 0 Å². The van der Waals surface area contributed by atoms with Crippen LogP contribution in [-0.2, 0) is 4.74 Å². The van der Waals surface area contributed by atoms with Crippen LogP contribution in [0.1, 0.15) is 25.7 Å². The summed E-state index contributed by atoms with van der Waals surface area (Å²) in [7, 11) is 0. The number of morpholine rings is 1. The standard InChI is InChI=1S/C23H28N6O/c24-18-11-17(13-25-14-18)16-1-6-22-21(12-16)23(27-15-26-22)28-19-2-4-20(5-3-19)29-7-9-30-10-8-29/h1,6,11-15,19-20H,2-5,7-10,24H2,(H,26,27,28). The van der Waals surface area contributed by atoms with Crippen LogP contribution in [-0.4, -0.2) is 58.2 Å². The maximum atomic E-state index is 5.92. The van der Waals surface area contributed by atoms with E-state index in [9.17, 15) is 0 Å². The van der Waals surface area contributed by atoms with Gasteiger partial charge in [0, 0.05) is 48.5 Å². The molecule has 0 unspecified atom stereocenters. The molecule has 3 aromatic rings. The van der Waals surface area contributed by atoms with E-state index in [0.717, 1.165) is 67.0 Å². The molecule has 1 aliphatic carbocycles. The molecule has 0 radical (unpaired) electrons. The minimum atomic E-state index is 0.443. The number of hydrogen-bond donors (Lipinski definition) is 2. The minimum absolute atomic E-state index is 0.443. The third-order valence-corrected chi connectivity index (χ3v) is 6.33. The molecule has 156 valence electrons. The molecule has 30 heavy (non-hydrogen) atoms. The van der Waals surface area contributed by atoms with Crippen molar-refractivity contribution in [3.05, 3.63) is 43.0 Å².